The Morgan fingerprint density at radius 2 is 1.93 bits per heavy atom. The van der Waals surface area contributed by atoms with Gasteiger partial charge in [-0.15, -0.1) is 0 Å². The molecule has 6 nitrogen and oxygen atoms in total. The van der Waals surface area contributed by atoms with Crippen LogP contribution in [0.5, 0.6) is 11.6 Å². The normalized spacial score (nSPS) is 16.4. The molecule has 3 aromatic rings. The molecule has 30 heavy (non-hydrogen) atoms. The number of piperazine rings is 1. The largest absolute Gasteiger partial charge is 0.439 e. The summed E-state index contributed by atoms with van der Waals surface area (Å²) in [6, 6.07) is 18.9. The number of benzene rings is 2. The Kier molecular flexibility index (Phi) is 6.14. The summed E-state index contributed by atoms with van der Waals surface area (Å²) < 4.78 is 5.82. The van der Waals surface area contributed by atoms with E-state index in [1.54, 1.807) is 12.1 Å². The van der Waals surface area contributed by atoms with Gasteiger partial charge in [0.25, 0.3) is 0 Å². The third kappa shape index (κ3) is 4.89. The molecule has 7 heteroatoms. The average Bonchev–Trinajstić information content (AvgIpc) is 2.74. The van der Waals surface area contributed by atoms with Crippen LogP contribution in [0.4, 0.5) is 5.82 Å². The van der Waals surface area contributed by atoms with Crippen LogP contribution in [0.2, 0.25) is 5.02 Å². The number of ether oxygens (including phenoxy) is 1. The summed E-state index contributed by atoms with van der Waals surface area (Å²) in [5.41, 5.74) is 1.04. The van der Waals surface area contributed by atoms with Crippen LogP contribution in [0.15, 0.2) is 67.0 Å². The molecule has 4 rings (SSSR count). The van der Waals surface area contributed by atoms with Crippen LogP contribution in [0.1, 0.15) is 12.5 Å². The van der Waals surface area contributed by atoms with Crippen molar-refractivity contribution >= 4 is 23.3 Å². The van der Waals surface area contributed by atoms with Gasteiger partial charge in [-0.3, -0.25) is 4.79 Å². The van der Waals surface area contributed by atoms with Crippen molar-refractivity contribution in [2.75, 3.05) is 24.5 Å². The molecule has 1 aliphatic heterocycles. The third-order valence-electron chi connectivity index (χ3n) is 5.12. The number of aromatic nitrogens is 2. The van der Waals surface area contributed by atoms with E-state index in [0.717, 1.165) is 11.4 Å². The fraction of sp³-hybridized carbons (Fsp3) is 0.261. The van der Waals surface area contributed by atoms with E-state index in [2.05, 4.69) is 21.8 Å². The summed E-state index contributed by atoms with van der Waals surface area (Å²) in [5, 5.41) is 0.604. The molecule has 0 spiro atoms. The lowest BCUT2D eigenvalue weighted by Gasteiger charge is -2.40. The van der Waals surface area contributed by atoms with Crippen LogP contribution in [-0.4, -0.2) is 46.5 Å². The quantitative estimate of drug-likeness (QED) is 0.616. The molecular weight excluding hydrogens is 400 g/mol. The Balaban J connectivity index is 1.40. The fourth-order valence-corrected chi connectivity index (χ4v) is 3.80. The van der Waals surface area contributed by atoms with Crippen LogP contribution >= 0.6 is 11.6 Å². The molecule has 0 aliphatic carbocycles. The maximum Gasteiger partial charge on any atom is 0.227 e. The number of anilines is 1. The molecule has 2 heterocycles. The smallest absolute Gasteiger partial charge is 0.227 e. The highest BCUT2D eigenvalue weighted by molar-refractivity contribution is 6.30. The standard InChI is InChI=1S/C23H23ClN4O2/c1-17-15-27(10-11-28(17)23(29)12-18-6-3-2-4-7-18)21-14-22(26-16-25-21)30-20-9-5-8-19(24)13-20/h2-9,13-14,16-17H,10-12,15H2,1H3. The number of amides is 1. The minimum Gasteiger partial charge on any atom is -0.439 e. The van der Waals surface area contributed by atoms with Gasteiger partial charge in [-0.2, -0.15) is 0 Å². The van der Waals surface area contributed by atoms with Gasteiger partial charge < -0.3 is 14.5 Å². The van der Waals surface area contributed by atoms with Gasteiger partial charge in [-0.1, -0.05) is 48.0 Å². The Hall–Kier alpha value is -3.12. The highest BCUT2D eigenvalue weighted by Gasteiger charge is 2.28. The lowest BCUT2D eigenvalue weighted by molar-refractivity contribution is -0.132. The zero-order valence-corrected chi connectivity index (χ0v) is 17.5. The average molecular weight is 423 g/mol. The summed E-state index contributed by atoms with van der Waals surface area (Å²) in [5.74, 6) is 2.01. The van der Waals surface area contributed by atoms with Crippen LogP contribution in [0.3, 0.4) is 0 Å². The molecule has 154 valence electrons. The van der Waals surface area contributed by atoms with Crippen molar-refractivity contribution < 1.29 is 9.53 Å². The van der Waals surface area contributed by atoms with Gasteiger partial charge in [0, 0.05) is 36.8 Å². The molecule has 0 radical (unpaired) electrons. The van der Waals surface area contributed by atoms with E-state index < -0.39 is 0 Å². The second kappa shape index (κ2) is 9.13. The molecule has 1 fully saturated rings. The van der Waals surface area contributed by atoms with Crippen molar-refractivity contribution in [3.63, 3.8) is 0 Å². The molecule has 0 N–H and O–H groups in total. The van der Waals surface area contributed by atoms with Crippen molar-refractivity contribution in [3.8, 4) is 11.6 Å². The third-order valence-corrected chi connectivity index (χ3v) is 5.35. The van der Waals surface area contributed by atoms with E-state index in [1.807, 2.05) is 53.4 Å². The summed E-state index contributed by atoms with van der Waals surface area (Å²) in [6.45, 7) is 4.13. The van der Waals surface area contributed by atoms with Crippen molar-refractivity contribution in [2.24, 2.45) is 0 Å². The van der Waals surface area contributed by atoms with Crippen LogP contribution in [-0.2, 0) is 11.2 Å². The SMILES string of the molecule is CC1CN(c2cc(Oc3cccc(Cl)c3)ncn2)CCN1C(=O)Cc1ccccc1. The van der Waals surface area contributed by atoms with E-state index >= 15 is 0 Å². The number of carbonyl (C=O) groups is 1. The van der Waals surface area contributed by atoms with Gasteiger partial charge in [0.2, 0.25) is 11.8 Å². The molecule has 2 aromatic carbocycles. The molecular formula is C23H23ClN4O2. The first kappa shape index (κ1) is 20.2. The number of carbonyl (C=O) groups excluding carboxylic acids is 1. The van der Waals surface area contributed by atoms with Crippen LogP contribution < -0.4 is 9.64 Å². The highest BCUT2D eigenvalue weighted by atomic mass is 35.5. The zero-order chi connectivity index (χ0) is 20.9. The number of rotatable bonds is 5. The van der Waals surface area contributed by atoms with Crippen molar-refractivity contribution in [1.82, 2.24) is 14.9 Å². The predicted octanol–water partition coefficient (Wildman–Crippen LogP) is 4.20. The summed E-state index contributed by atoms with van der Waals surface area (Å²) in [4.78, 5) is 25.5. The van der Waals surface area contributed by atoms with Crippen LogP contribution in [0, 0.1) is 0 Å². The molecule has 1 aromatic heterocycles. The minimum absolute atomic E-state index is 0.0854. The molecule has 1 atom stereocenters. The second-order valence-corrected chi connectivity index (χ2v) is 7.75. The first-order valence-electron chi connectivity index (χ1n) is 9.92. The van der Waals surface area contributed by atoms with E-state index in [1.165, 1.54) is 6.33 Å². The van der Waals surface area contributed by atoms with Crippen molar-refractivity contribution in [2.45, 2.75) is 19.4 Å². The van der Waals surface area contributed by atoms with Crippen molar-refractivity contribution in [1.29, 1.82) is 0 Å². The van der Waals surface area contributed by atoms with E-state index in [0.29, 0.717) is 42.7 Å². The molecule has 0 bridgehead atoms. The fourth-order valence-electron chi connectivity index (χ4n) is 3.62. The topological polar surface area (TPSA) is 58.6 Å². The van der Waals surface area contributed by atoms with Gasteiger partial charge >= 0.3 is 0 Å². The van der Waals surface area contributed by atoms with E-state index in [9.17, 15) is 4.79 Å². The number of hydrogen-bond donors (Lipinski definition) is 0. The van der Waals surface area contributed by atoms with Gasteiger partial charge in [-0.25, -0.2) is 9.97 Å². The van der Waals surface area contributed by atoms with Gasteiger partial charge in [0.1, 0.15) is 17.9 Å². The van der Waals surface area contributed by atoms with Gasteiger partial charge in [-0.05, 0) is 30.7 Å². The second-order valence-electron chi connectivity index (χ2n) is 7.32. The van der Waals surface area contributed by atoms with Gasteiger partial charge in [0.15, 0.2) is 0 Å². The molecule has 1 amide bonds. The number of halogens is 1. The van der Waals surface area contributed by atoms with Crippen molar-refractivity contribution in [3.05, 3.63) is 77.6 Å². The maximum absolute atomic E-state index is 12.8. The maximum atomic E-state index is 12.8. The molecule has 1 saturated heterocycles. The Morgan fingerprint density at radius 3 is 2.70 bits per heavy atom. The Morgan fingerprint density at radius 1 is 1.10 bits per heavy atom. The van der Waals surface area contributed by atoms with E-state index in [4.69, 9.17) is 16.3 Å². The molecule has 0 saturated carbocycles. The lowest BCUT2D eigenvalue weighted by atomic mass is 10.1. The monoisotopic (exact) mass is 422 g/mol. The first-order valence-corrected chi connectivity index (χ1v) is 10.3. The zero-order valence-electron chi connectivity index (χ0n) is 16.7. The summed E-state index contributed by atoms with van der Waals surface area (Å²) in [7, 11) is 0. The summed E-state index contributed by atoms with van der Waals surface area (Å²) >= 11 is 6.02. The minimum atomic E-state index is 0.0854. The van der Waals surface area contributed by atoms with Gasteiger partial charge in [0.05, 0.1) is 6.42 Å². The number of nitrogens with zero attached hydrogens (tertiary/aromatic N) is 4. The van der Waals surface area contributed by atoms with E-state index in [-0.39, 0.29) is 11.9 Å². The highest BCUT2D eigenvalue weighted by Crippen LogP contribution is 2.25. The Labute approximate surface area is 181 Å². The number of hydrogen-bond acceptors (Lipinski definition) is 5. The lowest BCUT2D eigenvalue weighted by Crippen LogP contribution is -2.54. The predicted molar refractivity (Wildman–Crippen MR) is 117 cm³/mol. The summed E-state index contributed by atoms with van der Waals surface area (Å²) in [6.07, 6.45) is 1.92. The van der Waals surface area contributed by atoms with Crippen LogP contribution in [0.25, 0.3) is 0 Å². The first-order chi connectivity index (χ1) is 14.6. The Bertz CT molecular complexity index is 1010. The molecule has 1 aliphatic rings. The molecule has 1 unspecified atom stereocenters.